The topological polar surface area (TPSA) is 78.5 Å². The van der Waals surface area contributed by atoms with E-state index in [9.17, 15) is 18.8 Å². The highest BCUT2D eigenvalue weighted by molar-refractivity contribution is 5.98. The summed E-state index contributed by atoms with van der Waals surface area (Å²) in [7, 11) is 0. The number of nitrogens with one attached hydrogen (secondary N) is 2. The van der Waals surface area contributed by atoms with Gasteiger partial charge in [0, 0.05) is 31.3 Å². The summed E-state index contributed by atoms with van der Waals surface area (Å²) < 4.78 is 14.0. The van der Waals surface area contributed by atoms with Gasteiger partial charge in [-0.25, -0.2) is 4.39 Å². The highest BCUT2D eigenvalue weighted by Crippen LogP contribution is 2.20. The second-order valence-corrected chi connectivity index (χ2v) is 6.75. The van der Waals surface area contributed by atoms with Crippen LogP contribution in [-0.2, 0) is 22.4 Å². The summed E-state index contributed by atoms with van der Waals surface area (Å²) in [5.74, 6) is -1.72. The van der Waals surface area contributed by atoms with Crippen LogP contribution in [0.1, 0.15) is 28.4 Å². The van der Waals surface area contributed by atoms with Gasteiger partial charge in [0.05, 0.1) is 6.54 Å². The van der Waals surface area contributed by atoms with E-state index in [1.807, 2.05) is 12.1 Å². The Hall–Kier alpha value is -3.22. The fourth-order valence-electron chi connectivity index (χ4n) is 3.25. The molecular weight excluding hydrogens is 361 g/mol. The van der Waals surface area contributed by atoms with Gasteiger partial charge >= 0.3 is 0 Å². The number of fused-ring (bicyclic) bond motifs is 1. The molecule has 1 aliphatic heterocycles. The first-order valence-corrected chi connectivity index (χ1v) is 9.13. The Morgan fingerprint density at radius 2 is 1.68 bits per heavy atom. The van der Waals surface area contributed by atoms with Crippen molar-refractivity contribution in [3.63, 3.8) is 0 Å². The van der Waals surface area contributed by atoms with E-state index >= 15 is 0 Å². The van der Waals surface area contributed by atoms with Crippen LogP contribution in [-0.4, -0.2) is 42.3 Å². The standard InChI is InChI=1S/C21H22FN3O3/c1-14(26)23-13-20(27)24-19-11-17(10-18(22)12-19)21(28)25-8-6-15-4-2-3-5-16(15)7-9-25/h2-5,10-12H,6-9,13H2,1H3,(H,23,26)(H,24,27). The molecule has 7 heteroatoms. The van der Waals surface area contributed by atoms with Crippen molar-refractivity contribution in [1.82, 2.24) is 10.2 Å². The van der Waals surface area contributed by atoms with Gasteiger partial charge in [-0.1, -0.05) is 24.3 Å². The number of carbonyl (C=O) groups excluding carboxylic acids is 3. The lowest BCUT2D eigenvalue weighted by atomic mass is 10.0. The molecule has 3 rings (SSSR count). The van der Waals surface area contributed by atoms with Crippen LogP contribution in [0.5, 0.6) is 0 Å². The van der Waals surface area contributed by atoms with Gasteiger partial charge in [-0.05, 0) is 42.2 Å². The van der Waals surface area contributed by atoms with E-state index in [4.69, 9.17) is 0 Å². The molecule has 0 fully saturated rings. The van der Waals surface area contributed by atoms with Crippen molar-refractivity contribution < 1.29 is 18.8 Å². The van der Waals surface area contributed by atoms with Gasteiger partial charge < -0.3 is 15.5 Å². The zero-order valence-electron chi connectivity index (χ0n) is 15.6. The monoisotopic (exact) mass is 383 g/mol. The number of rotatable bonds is 4. The fourth-order valence-corrected chi connectivity index (χ4v) is 3.25. The Labute approximate surface area is 162 Å². The van der Waals surface area contributed by atoms with Crippen LogP contribution in [0, 0.1) is 5.82 Å². The molecule has 2 aromatic carbocycles. The number of amides is 3. The van der Waals surface area contributed by atoms with Gasteiger partial charge in [0.25, 0.3) is 5.91 Å². The van der Waals surface area contributed by atoms with Gasteiger partial charge in [0.2, 0.25) is 11.8 Å². The summed E-state index contributed by atoms with van der Waals surface area (Å²) in [5, 5.41) is 4.86. The minimum atomic E-state index is -0.612. The fraction of sp³-hybridized carbons (Fsp3) is 0.286. The summed E-state index contributed by atoms with van der Waals surface area (Å²) in [6.45, 7) is 2.18. The molecule has 146 valence electrons. The Kier molecular flexibility index (Phi) is 6.03. The maximum atomic E-state index is 14.0. The number of hydrogen-bond acceptors (Lipinski definition) is 3. The van der Waals surface area contributed by atoms with Crippen LogP contribution < -0.4 is 10.6 Å². The van der Waals surface area contributed by atoms with Crippen LogP contribution >= 0.6 is 0 Å². The lowest BCUT2D eigenvalue weighted by Gasteiger charge is -2.21. The molecule has 0 unspecified atom stereocenters. The molecule has 1 aliphatic rings. The lowest BCUT2D eigenvalue weighted by molar-refractivity contribution is -0.122. The molecule has 2 N–H and O–H groups in total. The van der Waals surface area contributed by atoms with Gasteiger partial charge in [-0.15, -0.1) is 0 Å². The average molecular weight is 383 g/mol. The van der Waals surface area contributed by atoms with Crippen LogP contribution in [0.15, 0.2) is 42.5 Å². The highest BCUT2D eigenvalue weighted by Gasteiger charge is 2.21. The van der Waals surface area contributed by atoms with E-state index < -0.39 is 11.7 Å². The third kappa shape index (κ3) is 4.94. The van der Waals surface area contributed by atoms with Crippen molar-refractivity contribution >= 4 is 23.4 Å². The van der Waals surface area contributed by atoms with Gasteiger partial charge in [-0.3, -0.25) is 14.4 Å². The maximum Gasteiger partial charge on any atom is 0.254 e. The number of nitrogens with zero attached hydrogens (tertiary/aromatic N) is 1. The number of carbonyl (C=O) groups is 3. The SMILES string of the molecule is CC(=O)NCC(=O)Nc1cc(F)cc(C(=O)N2CCc3ccccc3CC2)c1. The normalized spacial score (nSPS) is 13.3. The van der Waals surface area contributed by atoms with Crippen LogP contribution in [0.2, 0.25) is 0 Å². The molecule has 0 saturated carbocycles. The summed E-state index contributed by atoms with van der Waals surface area (Å²) in [6.07, 6.45) is 1.50. The van der Waals surface area contributed by atoms with Crippen LogP contribution in [0.3, 0.4) is 0 Å². The molecule has 0 radical (unpaired) electrons. The predicted octanol–water partition coefficient (Wildman–Crippen LogP) is 2.14. The maximum absolute atomic E-state index is 14.0. The smallest absolute Gasteiger partial charge is 0.254 e. The number of anilines is 1. The van der Waals surface area contributed by atoms with E-state index in [1.165, 1.54) is 30.2 Å². The van der Waals surface area contributed by atoms with E-state index in [0.717, 1.165) is 18.9 Å². The molecule has 2 aromatic rings. The number of benzene rings is 2. The Balaban J connectivity index is 1.71. The molecule has 0 atom stereocenters. The van der Waals surface area contributed by atoms with Crippen molar-refractivity contribution in [3.8, 4) is 0 Å². The molecule has 0 aliphatic carbocycles. The van der Waals surface area contributed by atoms with Crippen LogP contribution in [0.25, 0.3) is 0 Å². The molecule has 0 spiro atoms. The van der Waals surface area contributed by atoms with Crippen molar-refractivity contribution in [2.75, 3.05) is 25.0 Å². The largest absolute Gasteiger partial charge is 0.347 e. The molecule has 0 bridgehead atoms. The van der Waals surface area contributed by atoms with Crippen molar-refractivity contribution in [2.24, 2.45) is 0 Å². The third-order valence-corrected chi connectivity index (χ3v) is 4.63. The molecule has 0 saturated heterocycles. The second-order valence-electron chi connectivity index (χ2n) is 6.75. The van der Waals surface area contributed by atoms with Gasteiger partial charge in [-0.2, -0.15) is 0 Å². The molecule has 1 heterocycles. The van der Waals surface area contributed by atoms with E-state index in [-0.39, 0.29) is 29.6 Å². The minimum Gasteiger partial charge on any atom is -0.347 e. The summed E-state index contributed by atoms with van der Waals surface area (Å²) in [4.78, 5) is 37.3. The van der Waals surface area contributed by atoms with Gasteiger partial charge in [0.1, 0.15) is 5.82 Å². The van der Waals surface area contributed by atoms with Crippen molar-refractivity contribution in [1.29, 1.82) is 0 Å². The summed E-state index contributed by atoms with van der Waals surface area (Å²) in [5.41, 5.74) is 2.81. The van der Waals surface area contributed by atoms with E-state index in [1.54, 1.807) is 4.90 Å². The Morgan fingerprint density at radius 1 is 1.04 bits per heavy atom. The van der Waals surface area contributed by atoms with Gasteiger partial charge in [0.15, 0.2) is 0 Å². The van der Waals surface area contributed by atoms with Crippen molar-refractivity contribution in [2.45, 2.75) is 19.8 Å². The Bertz CT molecular complexity index is 887. The first-order chi connectivity index (χ1) is 13.4. The number of hydrogen-bond donors (Lipinski definition) is 2. The number of halogens is 1. The zero-order chi connectivity index (χ0) is 20.1. The summed E-state index contributed by atoms with van der Waals surface area (Å²) in [6, 6.07) is 11.9. The molecule has 28 heavy (non-hydrogen) atoms. The van der Waals surface area contributed by atoms with Crippen molar-refractivity contribution in [3.05, 3.63) is 65.0 Å². The van der Waals surface area contributed by atoms with E-state index in [2.05, 4.69) is 22.8 Å². The molecule has 6 nitrogen and oxygen atoms in total. The first-order valence-electron chi connectivity index (χ1n) is 9.13. The second kappa shape index (κ2) is 8.65. The van der Waals surface area contributed by atoms with Crippen LogP contribution in [0.4, 0.5) is 10.1 Å². The third-order valence-electron chi connectivity index (χ3n) is 4.63. The average Bonchev–Trinajstić information content (AvgIpc) is 2.88. The molecule has 0 aromatic heterocycles. The lowest BCUT2D eigenvalue weighted by Crippen LogP contribution is -2.33. The first kappa shape index (κ1) is 19.5. The van der Waals surface area contributed by atoms with E-state index in [0.29, 0.717) is 13.1 Å². The summed E-state index contributed by atoms with van der Waals surface area (Å²) >= 11 is 0. The highest BCUT2D eigenvalue weighted by atomic mass is 19.1. The quantitative estimate of drug-likeness (QED) is 0.849. The minimum absolute atomic E-state index is 0.178. The Morgan fingerprint density at radius 3 is 2.29 bits per heavy atom. The predicted molar refractivity (Wildman–Crippen MR) is 103 cm³/mol. The molecule has 3 amide bonds. The zero-order valence-corrected chi connectivity index (χ0v) is 15.6. The molecular formula is C21H22FN3O3.